The summed E-state index contributed by atoms with van der Waals surface area (Å²) >= 11 is 0. The van der Waals surface area contributed by atoms with Crippen LogP contribution in [0.1, 0.15) is 47.0 Å². The van der Waals surface area contributed by atoms with Crippen LogP contribution in [0.3, 0.4) is 0 Å². The van der Waals surface area contributed by atoms with E-state index in [1.54, 1.807) is 11.2 Å². The number of guanidine groups is 1. The van der Waals surface area contributed by atoms with Gasteiger partial charge in [-0.3, -0.25) is 20.1 Å². The highest BCUT2D eigenvalue weighted by Gasteiger charge is 2.51. The maximum atomic E-state index is 13.4. The minimum Gasteiger partial charge on any atom is -0.331 e. The molecular formula is C24H34N8O. The van der Waals surface area contributed by atoms with Crippen LogP contribution in [0.15, 0.2) is 58.1 Å². The maximum Gasteiger partial charge on any atom is 0.233 e. The molecule has 3 N–H and O–H groups in total. The van der Waals surface area contributed by atoms with Gasteiger partial charge in [0.25, 0.3) is 0 Å². The number of amides is 1. The summed E-state index contributed by atoms with van der Waals surface area (Å²) in [6.07, 6.45) is 17.4. The van der Waals surface area contributed by atoms with Gasteiger partial charge in [0.15, 0.2) is 11.3 Å². The van der Waals surface area contributed by atoms with Crippen molar-refractivity contribution >= 4 is 18.2 Å². The molecule has 0 aromatic rings. The molecule has 5 aliphatic rings. The second-order valence-electron chi connectivity index (χ2n) is 10.3. The number of hydrogen-bond acceptors (Lipinski definition) is 8. The third-order valence-electron chi connectivity index (χ3n) is 7.40. The molecule has 4 aliphatic heterocycles. The summed E-state index contributed by atoms with van der Waals surface area (Å²) in [7, 11) is 1.86. The lowest BCUT2D eigenvalue weighted by molar-refractivity contribution is -0.136. The standard InChI is InChI=1S/C24H34N8O/c1-22(2)15-31(17-10-7-6-8-11-17)24(4)19(30(5)20(22)33)14-25-21(29-24)28-18-12-9-13-32-23(18,3)26-16-27-32/h7,9-10,12-14,16-17H,6,8,11,15H2,1-5H3,(H,26,27)(H2,25,28,29). The first-order chi connectivity index (χ1) is 15.6. The normalized spacial score (nSPS) is 35.0. The Labute approximate surface area is 195 Å². The van der Waals surface area contributed by atoms with Gasteiger partial charge in [-0.25, -0.2) is 9.98 Å². The Morgan fingerprint density at radius 2 is 2.03 bits per heavy atom. The van der Waals surface area contributed by atoms with Crippen LogP contribution in [0.25, 0.3) is 0 Å². The fourth-order valence-electron chi connectivity index (χ4n) is 5.44. The number of carbonyl (C=O) groups is 1. The minimum atomic E-state index is -0.707. The van der Waals surface area contributed by atoms with Crippen molar-refractivity contribution in [3.05, 3.63) is 48.1 Å². The maximum absolute atomic E-state index is 13.4. The number of carbonyl (C=O) groups excluding carboxylic acids is 1. The largest absolute Gasteiger partial charge is 0.331 e. The van der Waals surface area contributed by atoms with Gasteiger partial charge < -0.3 is 15.5 Å². The molecule has 176 valence electrons. The average molecular weight is 451 g/mol. The summed E-state index contributed by atoms with van der Waals surface area (Å²) in [5.74, 6) is 0.738. The van der Waals surface area contributed by atoms with Gasteiger partial charge in [-0.05, 0) is 59.1 Å². The molecule has 9 nitrogen and oxygen atoms in total. The average Bonchev–Trinajstić information content (AvgIpc) is 3.17. The number of hydrazine groups is 1. The van der Waals surface area contributed by atoms with Gasteiger partial charge in [0.2, 0.25) is 11.9 Å². The van der Waals surface area contributed by atoms with E-state index >= 15 is 0 Å². The van der Waals surface area contributed by atoms with Gasteiger partial charge in [-0.15, -0.1) is 0 Å². The molecule has 9 heteroatoms. The smallest absolute Gasteiger partial charge is 0.233 e. The van der Waals surface area contributed by atoms with Crippen molar-refractivity contribution in [1.82, 2.24) is 30.9 Å². The van der Waals surface area contributed by atoms with Crippen LogP contribution in [0.5, 0.6) is 0 Å². The summed E-state index contributed by atoms with van der Waals surface area (Å²) in [5.41, 5.74) is 3.09. The van der Waals surface area contributed by atoms with Gasteiger partial charge in [0.05, 0.1) is 16.8 Å². The number of nitrogens with one attached hydrogen (secondary N) is 3. The van der Waals surface area contributed by atoms with Gasteiger partial charge in [0.1, 0.15) is 6.34 Å². The number of rotatable bonds is 2. The molecule has 1 aliphatic carbocycles. The fraction of sp³-hybridized carbons (Fsp3) is 0.542. The summed E-state index contributed by atoms with van der Waals surface area (Å²) in [6, 6.07) is 0.224. The molecule has 0 spiro atoms. The van der Waals surface area contributed by atoms with Crippen LogP contribution in [0.4, 0.5) is 0 Å². The van der Waals surface area contributed by atoms with E-state index in [-0.39, 0.29) is 11.9 Å². The van der Waals surface area contributed by atoms with Crippen molar-refractivity contribution in [3.8, 4) is 0 Å². The summed E-state index contributed by atoms with van der Waals surface area (Å²) in [4.78, 5) is 27.4. The molecule has 0 saturated carbocycles. The van der Waals surface area contributed by atoms with Crippen molar-refractivity contribution in [2.75, 3.05) is 13.6 Å². The first-order valence-corrected chi connectivity index (χ1v) is 11.7. The zero-order chi connectivity index (χ0) is 23.4. The van der Waals surface area contributed by atoms with E-state index in [1.165, 1.54) is 0 Å². The molecule has 33 heavy (non-hydrogen) atoms. The first kappa shape index (κ1) is 21.8. The van der Waals surface area contributed by atoms with Crippen LogP contribution >= 0.6 is 0 Å². The third-order valence-corrected chi connectivity index (χ3v) is 7.40. The SMILES string of the molecule is CN1C(=O)C(C)(C)CN(C2C=CCCC2)C2(C)N=C(NC3=CC=CN4NC=NC34C)NC=C12. The first-order valence-electron chi connectivity index (χ1n) is 11.7. The Morgan fingerprint density at radius 3 is 2.79 bits per heavy atom. The monoisotopic (exact) mass is 450 g/mol. The Kier molecular flexibility index (Phi) is 4.93. The molecule has 1 saturated heterocycles. The van der Waals surface area contributed by atoms with Crippen molar-refractivity contribution in [3.63, 3.8) is 0 Å². The predicted molar refractivity (Wildman–Crippen MR) is 129 cm³/mol. The second-order valence-corrected chi connectivity index (χ2v) is 10.3. The van der Waals surface area contributed by atoms with E-state index in [9.17, 15) is 4.79 Å². The lowest BCUT2D eigenvalue weighted by Gasteiger charge is -2.46. The Bertz CT molecular complexity index is 1040. The quantitative estimate of drug-likeness (QED) is 0.558. The van der Waals surface area contributed by atoms with Gasteiger partial charge in [-0.2, -0.15) is 0 Å². The molecular weight excluding hydrogens is 416 g/mol. The molecule has 1 amide bonds. The molecule has 3 atom stereocenters. The van der Waals surface area contributed by atoms with Crippen LogP contribution in [-0.4, -0.2) is 64.0 Å². The van der Waals surface area contributed by atoms with Crippen LogP contribution in [0, 0.1) is 5.41 Å². The summed E-state index contributed by atoms with van der Waals surface area (Å²) in [5, 5.41) is 8.73. The molecule has 5 rings (SSSR count). The van der Waals surface area contributed by atoms with Crippen molar-refractivity contribution in [2.24, 2.45) is 15.4 Å². The minimum absolute atomic E-state index is 0.102. The molecule has 0 aromatic heterocycles. The number of allylic oxidation sites excluding steroid dienone is 3. The van der Waals surface area contributed by atoms with E-state index in [0.717, 1.165) is 30.7 Å². The Balaban J connectivity index is 1.54. The second kappa shape index (κ2) is 7.48. The van der Waals surface area contributed by atoms with E-state index < -0.39 is 16.7 Å². The molecule has 0 radical (unpaired) electrons. The van der Waals surface area contributed by atoms with E-state index in [2.05, 4.69) is 45.0 Å². The lowest BCUT2D eigenvalue weighted by atomic mass is 9.89. The molecule has 4 heterocycles. The van der Waals surface area contributed by atoms with Crippen LogP contribution in [-0.2, 0) is 4.79 Å². The molecule has 0 bridgehead atoms. The number of nitrogens with zero attached hydrogens (tertiary/aromatic N) is 5. The highest BCUT2D eigenvalue weighted by Crippen LogP contribution is 2.41. The Hall–Kier alpha value is -3.07. The lowest BCUT2D eigenvalue weighted by Crippen LogP contribution is -2.58. The molecule has 0 aromatic carbocycles. The summed E-state index contributed by atoms with van der Waals surface area (Å²) < 4.78 is 0. The van der Waals surface area contributed by atoms with Crippen LogP contribution < -0.4 is 16.1 Å². The number of hydrogen-bond donors (Lipinski definition) is 3. The fourth-order valence-corrected chi connectivity index (χ4v) is 5.44. The molecule has 1 fully saturated rings. The zero-order valence-electron chi connectivity index (χ0n) is 20.1. The van der Waals surface area contributed by atoms with Crippen molar-refractivity contribution in [2.45, 2.75) is 64.3 Å². The Morgan fingerprint density at radius 1 is 1.21 bits per heavy atom. The van der Waals surface area contributed by atoms with Crippen LogP contribution in [0.2, 0.25) is 0 Å². The van der Waals surface area contributed by atoms with Crippen molar-refractivity contribution in [1.29, 1.82) is 0 Å². The van der Waals surface area contributed by atoms with Gasteiger partial charge in [0, 0.05) is 32.0 Å². The summed E-state index contributed by atoms with van der Waals surface area (Å²) in [6.45, 7) is 8.84. The number of likely N-dealkylation sites (N-methyl/N-ethyl adjacent to an activating group) is 1. The molecule has 3 unspecified atom stereocenters. The van der Waals surface area contributed by atoms with Gasteiger partial charge in [-0.1, -0.05) is 12.2 Å². The highest BCUT2D eigenvalue weighted by molar-refractivity contribution is 5.88. The highest BCUT2D eigenvalue weighted by atomic mass is 16.2. The number of fused-ring (bicyclic) bond motifs is 2. The number of aliphatic imine (C=N–C) groups is 2. The van der Waals surface area contributed by atoms with Crippen molar-refractivity contribution < 1.29 is 4.79 Å². The third kappa shape index (κ3) is 3.37. The topological polar surface area (TPSA) is 87.6 Å². The van der Waals surface area contributed by atoms with Gasteiger partial charge >= 0.3 is 0 Å². The van der Waals surface area contributed by atoms with E-state index in [4.69, 9.17) is 4.99 Å². The van der Waals surface area contributed by atoms with E-state index in [0.29, 0.717) is 12.5 Å². The predicted octanol–water partition coefficient (Wildman–Crippen LogP) is 1.98. The zero-order valence-corrected chi connectivity index (χ0v) is 20.1. The van der Waals surface area contributed by atoms with E-state index in [1.807, 2.05) is 57.4 Å².